The second kappa shape index (κ2) is 12.2. The molecule has 9 N–H and O–H groups in total. The maximum absolute atomic E-state index is 10.0. The third kappa shape index (κ3) is 8.19. The summed E-state index contributed by atoms with van der Waals surface area (Å²) in [6.07, 6.45) is -3.33. The van der Waals surface area contributed by atoms with Crippen LogP contribution in [0.4, 0.5) is 0 Å². The summed E-state index contributed by atoms with van der Waals surface area (Å²) in [4.78, 5) is 0. The third-order valence-corrected chi connectivity index (χ3v) is 2.76. The van der Waals surface area contributed by atoms with E-state index in [9.17, 15) is 15.3 Å². The first-order valence-corrected chi connectivity index (χ1v) is 6.58. The van der Waals surface area contributed by atoms with Crippen molar-refractivity contribution >= 4 is 11.7 Å². The van der Waals surface area contributed by atoms with Crippen molar-refractivity contribution in [1.82, 2.24) is 11.0 Å². The Morgan fingerprint density at radius 3 is 1.50 bits per heavy atom. The first kappa shape index (κ1) is 20.7. The topological polar surface area (TPSA) is 191 Å². The molecule has 0 rings (SSSR count). The van der Waals surface area contributed by atoms with Crippen LogP contribution in [-0.2, 0) is 9.47 Å². The zero-order chi connectivity index (χ0) is 17.0. The van der Waals surface area contributed by atoms with Gasteiger partial charge in [0.1, 0.15) is 30.0 Å². The Balaban J connectivity index is 4.27. The Kier molecular flexibility index (Phi) is 11.5. The van der Waals surface area contributed by atoms with E-state index < -0.39 is 31.5 Å². The first-order chi connectivity index (χ1) is 10.5. The molecule has 22 heavy (non-hydrogen) atoms. The molecule has 11 heteroatoms. The normalized spacial score (nSPS) is 15.0. The van der Waals surface area contributed by atoms with Gasteiger partial charge in [-0.15, -0.1) is 0 Å². The minimum absolute atomic E-state index is 0.0358. The number of ether oxygens (including phenoxy) is 2. The summed E-state index contributed by atoms with van der Waals surface area (Å²) in [6, 6.07) is 0. The highest BCUT2D eigenvalue weighted by molar-refractivity contribution is 5.77. The molecule has 2 atom stereocenters. The molecule has 0 fully saturated rings. The van der Waals surface area contributed by atoms with Crippen molar-refractivity contribution in [2.75, 3.05) is 26.4 Å². The van der Waals surface area contributed by atoms with E-state index in [0.717, 1.165) is 0 Å². The van der Waals surface area contributed by atoms with Crippen LogP contribution in [0, 0.1) is 10.8 Å². The number of rotatable bonds is 12. The number of aliphatic hydroxyl groups is 3. The molecule has 0 saturated heterocycles. The van der Waals surface area contributed by atoms with E-state index in [1.807, 2.05) is 0 Å². The van der Waals surface area contributed by atoms with Crippen molar-refractivity contribution in [3.05, 3.63) is 0 Å². The summed E-state index contributed by atoms with van der Waals surface area (Å²) in [5.74, 6) is -0.368. The second-order valence-electron chi connectivity index (χ2n) is 4.35. The van der Waals surface area contributed by atoms with Gasteiger partial charge < -0.3 is 24.8 Å². The summed E-state index contributed by atoms with van der Waals surface area (Å²) >= 11 is 0. The van der Waals surface area contributed by atoms with Gasteiger partial charge >= 0.3 is 0 Å². The van der Waals surface area contributed by atoms with E-state index >= 15 is 0 Å². The van der Waals surface area contributed by atoms with Gasteiger partial charge in [0.25, 0.3) is 0 Å². The van der Waals surface area contributed by atoms with Crippen molar-refractivity contribution in [3.63, 3.8) is 0 Å². The van der Waals surface area contributed by atoms with Crippen LogP contribution in [0.15, 0.2) is 0 Å². The van der Waals surface area contributed by atoms with Crippen LogP contribution >= 0.6 is 0 Å². The molecule has 11 nitrogen and oxygen atoms in total. The smallest absolute Gasteiger partial charge is 0.120 e. The average molecular weight is 324 g/mol. The van der Waals surface area contributed by atoms with Crippen molar-refractivity contribution in [2.45, 2.75) is 31.2 Å². The van der Waals surface area contributed by atoms with Crippen LogP contribution in [0.3, 0.4) is 0 Å². The maximum atomic E-state index is 10.0. The molecule has 0 aliphatic rings. The monoisotopic (exact) mass is 324 g/mol. The Labute approximate surface area is 127 Å². The molecule has 0 aromatic rings. The van der Waals surface area contributed by atoms with Gasteiger partial charge in [-0.2, -0.15) is 0 Å². The lowest BCUT2D eigenvalue weighted by Gasteiger charge is -2.27. The molecular weight excluding hydrogens is 300 g/mol. The summed E-state index contributed by atoms with van der Waals surface area (Å²) in [5, 5.41) is 59.5. The summed E-state index contributed by atoms with van der Waals surface area (Å²) in [7, 11) is 0. The summed E-state index contributed by atoms with van der Waals surface area (Å²) in [6.45, 7) is -1.14. The van der Waals surface area contributed by atoms with Crippen LogP contribution in [0.1, 0.15) is 12.8 Å². The van der Waals surface area contributed by atoms with E-state index in [0.29, 0.717) is 0 Å². The minimum Gasteiger partial charge on any atom is -0.394 e. The molecule has 130 valence electrons. The van der Waals surface area contributed by atoms with E-state index in [-0.39, 0.29) is 37.7 Å². The van der Waals surface area contributed by atoms with Gasteiger partial charge in [0.05, 0.1) is 26.4 Å². The molecule has 2 unspecified atom stereocenters. The maximum Gasteiger partial charge on any atom is 0.120 e. The Morgan fingerprint density at radius 1 is 0.864 bits per heavy atom. The molecule has 0 bridgehead atoms. The van der Waals surface area contributed by atoms with Gasteiger partial charge in [0.15, 0.2) is 0 Å². The predicted molar refractivity (Wildman–Crippen MR) is 74.2 cm³/mol. The largest absolute Gasteiger partial charge is 0.394 e. The lowest BCUT2D eigenvalue weighted by atomic mass is 10.1. The molecular formula is C11H24N4O7. The van der Waals surface area contributed by atoms with Crippen LogP contribution < -0.4 is 11.0 Å². The van der Waals surface area contributed by atoms with Gasteiger partial charge in [-0.3, -0.25) is 32.2 Å². The van der Waals surface area contributed by atoms with E-state index in [2.05, 4.69) is 0 Å². The molecule has 0 saturated carbocycles. The highest BCUT2D eigenvalue weighted by Gasteiger charge is 2.28. The van der Waals surface area contributed by atoms with E-state index in [4.69, 9.17) is 30.7 Å². The Morgan fingerprint density at radius 2 is 1.23 bits per heavy atom. The molecule has 0 radical (unpaired) electrons. The number of hydrogen-bond acceptors (Lipinski definition) is 9. The van der Waals surface area contributed by atoms with Crippen molar-refractivity contribution in [2.24, 2.45) is 0 Å². The number of hydrogen-bond donors (Lipinski definition) is 9. The van der Waals surface area contributed by atoms with Crippen LogP contribution in [-0.4, -0.2) is 82.1 Å². The standard InChI is InChI=1S/C11H24N4O7/c12-9(14-19)1-3-21-7(5-16)11(18)8(6-17)22-4-2-10(13)15-20/h7-8,11,16-20H,1-6H2,(H2,12,14)(H2,13,15). The Hall–Kier alpha value is -1.34. The van der Waals surface area contributed by atoms with Crippen LogP contribution in [0.5, 0.6) is 0 Å². The van der Waals surface area contributed by atoms with E-state index in [1.54, 1.807) is 11.0 Å². The second-order valence-corrected chi connectivity index (χ2v) is 4.35. The first-order valence-electron chi connectivity index (χ1n) is 6.58. The number of aliphatic hydroxyl groups excluding tert-OH is 3. The zero-order valence-corrected chi connectivity index (χ0v) is 12.0. The predicted octanol–water partition coefficient (Wildman–Crippen LogP) is -2.21. The highest BCUT2D eigenvalue weighted by atomic mass is 16.5. The molecule has 0 aromatic heterocycles. The molecule has 0 aliphatic carbocycles. The average Bonchev–Trinajstić information content (AvgIpc) is 2.54. The molecule has 0 amide bonds. The van der Waals surface area contributed by atoms with Crippen molar-refractivity contribution < 1.29 is 35.2 Å². The third-order valence-electron chi connectivity index (χ3n) is 2.76. The zero-order valence-electron chi connectivity index (χ0n) is 12.0. The fourth-order valence-electron chi connectivity index (χ4n) is 1.49. The number of amidine groups is 2. The quantitative estimate of drug-likeness (QED) is 0.109. The summed E-state index contributed by atoms with van der Waals surface area (Å²) in [5.41, 5.74) is 3.26. The van der Waals surface area contributed by atoms with Gasteiger partial charge in [-0.1, -0.05) is 0 Å². The number of nitrogens with one attached hydrogen (secondary N) is 4. The lowest BCUT2D eigenvalue weighted by molar-refractivity contribution is -0.134. The molecule has 0 aliphatic heterocycles. The highest BCUT2D eigenvalue weighted by Crippen LogP contribution is 2.09. The number of hydroxylamine groups is 2. The van der Waals surface area contributed by atoms with Crippen LogP contribution in [0.2, 0.25) is 0 Å². The molecule has 0 spiro atoms. The van der Waals surface area contributed by atoms with Gasteiger partial charge in [-0.05, 0) is 0 Å². The molecule has 0 aromatic carbocycles. The fourth-order valence-corrected chi connectivity index (χ4v) is 1.49. The van der Waals surface area contributed by atoms with Gasteiger partial charge in [0, 0.05) is 12.8 Å². The Bertz CT molecular complexity index is 302. The van der Waals surface area contributed by atoms with Crippen molar-refractivity contribution in [1.29, 1.82) is 10.8 Å². The van der Waals surface area contributed by atoms with Gasteiger partial charge in [0.2, 0.25) is 0 Å². The van der Waals surface area contributed by atoms with Crippen LogP contribution in [0.25, 0.3) is 0 Å². The van der Waals surface area contributed by atoms with E-state index in [1.165, 1.54) is 0 Å². The SMILES string of the molecule is N=C(CCOC(CO)C(O)C(CO)OCCC(=N)NO)NO. The van der Waals surface area contributed by atoms with Crippen molar-refractivity contribution in [3.8, 4) is 0 Å². The van der Waals surface area contributed by atoms with Gasteiger partial charge in [-0.25, -0.2) is 0 Å². The summed E-state index contributed by atoms with van der Waals surface area (Å²) < 4.78 is 10.4. The fraction of sp³-hybridized carbons (Fsp3) is 0.818. The molecule has 0 heterocycles. The lowest BCUT2D eigenvalue weighted by Crippen LogP contribution is -2.45. The minimum atomic E-state index is -1.33.